The van der Waals surface area contributed by atoms with E-state index in [1.54, 1.807) is 26.2 Å². The minimum atomic E-state index is -0.600. The van der Waals surface area contributed by atoms with Gasteiger partial charge in [-0.3, -0.25) is 4.79 Å². The predicted octanol–water partition coefficient (Wildman–Crippen LogP) is 2.97. The Balaban J connectivity index is 1.72. The smallest absolute Gasteiger partial charge is 0.260 e. The van der Waals surface area contributed by atoms with E-state index in [9.17, 15) is 4.79 Å². The van der Waals surface area contributed by atoms with Gasteiger partial charge in [-0.1, -0.05) is 23.8 Å². The number of carbonyl (C=O) groups excluding carboxylic acids is 1. The third-order valence-corrected chi connectivity index (χ3v) is 3.41. The molecular formula is C19H23NO4. The molecule has 1 atom stereocenters. The second-order valence-electron chi connectivity index (χ2n) is 5.39. The van der Waals surface area contributed by atoms with Crippen LogP contribution in [-0.4, -0.2) is 32.3 Å². The number of benzene rings is 2. The summed E-state index contributed by atoms with van der Waals surface area (Å²) in [5.41, 5.74) is 1.18. The fourth-order valence-corrected chi connectivity index (χ4v) is 2.05. The number of hydrogen-bond acceptors (Lipinski definition) is 4. The van der Waals surface area contributed by atoms with Crippen molar-refractivity contribution >= 4 is 5.91 Å². The van der Waals surface area contributed by atoms with E-state index in [1.165, 1.54) is 5.56 Å². The summed E-state index contributed by atoms with van der Waals surface area (Å²) in [6, 6.07) is 14.9. The van der Waals surface area contributed by atoms with Crippen molar-refractivity contribution in [3.8, 4) is 17.2 Å². The van der Waals surface area contributed by atoms with Gasteiger partial charge in [0.05, 0.1) is 13.7 Å². The van der Waals surface area contributed by atoms with Crippen LogP contribution in [0.2, 0.25) is 0 Å². The molecular weight excluding hydrogens is 306 g/mol. The van der Waals surface area contributed by atoms with Gasteiger partial charge in [-0.25, -0.2) is 0 Å². The zero-order valence-corrected chi connectivity index (χ0v) is 14.2. The van der Waals surface area contributed by atoms with Crippen LogP contribution in [0.3, 0.4) is 0 Å². The molecule has 0 bridgehead atoms. The Morgan fingerprint density at radius 3 is 2.50 bits per heavy atom. The summed E-state index contributed by atoms with van der Waals surface area (Å²) < 4.78 is 16.3. The van der Waals surface area contributed by atoms with E-state index in [1.807, 2.05) is 43.3 Å². The summed E-state index contributed by atoms with van der Waals surface area (Å²) in [4.78, 5) is 12.0. The van der Waals surface area contributed by atoms with Gasteiger partial charge in [0.1, 0.15) is 23.9 Å². The van der Waals surface area contributed by atoms with E-state index in [-0.39, 0.29) is 5.91 Å². The molecule has 1 N–H and O–H groups in total. The number of methoxy groups -OCH3 is 1. The summed E-state index contributed by atoms with van der Waals surface area (Å²) in [6.07, 6.45) is -0.600. The maximum atomic E-state index is 12.0. The molecule has 0 unspecified atom stereocenters. The van der Waals surface area contributed by atoms with Gasteiger partial charge < -0.3 is 19.5 Å². The molecule has 0 heterocycles. The highest BCUT2D eigenvalue weighted by atomic mass is 16.5. The van der Waals surface area contributed by atoms with Crippen molar-refractivity contribution in [1.82, 2.24) is 5.32 Å². The fourth-order valence-electron chi connectivity index (χ4n) is 2.05. The third-order valence-electron chi connectivity index (χ3n) is 3.41. The summed E-state index contributed by atoms with van der Waals surface area (Å²) in [7, 11) is 1.59. The van der Waals surface area contributed by atoms with Crippen LogP contribution in [0.5, 0.6) is 17.2 Å². The highest BCUT2D eigenvalue weighted by molar-refractivity contribution is 5.80. The molecule has 24 heavy (non-hydrogen) atoms. The summed E-state index contributed by atoms with van der Waals surface area (Å²) in [6.45, 7) is 4.54. The Kier molecular flexibility index (Phi) is 6.49. The first kappa shape index (κ1) is 17.7. The van der Waals surface area contributed by atoms with Crippen molar-refractivity contribution in [2.24, 2.45) is 0 Å². The lowest BCUT2D eigenvalue weighted by atomic mass is 10.2. The van der Waals surface area contributed by atoms with Crippen LogP contribution in [0.1, 0.15) is 12.5 Å². The van der Waals surface area contributed by atoms with E-state index in [4.69, 9.17) is 14.2 Å². The monoisotopic (exact) mass is 329 g/mol. The van der Waals surface area contributed by atoms with Crippen LogP contribution >= 0.6 is 0 Å². The molecule has 2 aromatic carbocycles. The molecule has 0 saturated heterocycles. The van der Waals surface area contributed by atoms with E-state index in [2.05, 4.69) is 5.32 Å². The molecule has 1 amide bonds. The van der Waals surface area contributed by atoms with Gasteiger partial charge in [0.25, 0.3) is 5.91 Å². The molecule has 0 aliphatic carbocycles. The number of nitrogens with one attached hydrogen (secondary N) is 1. The highest BCUT2D eigenvalue weighted by Crippen LogP contribution is 2.19. The van der Waals surface area contributed by atoms with Gasteiger partial charge in [-0.15, -0.1) is 0 Å². The lowest BCUT2D eigenvalue weighted by molar-refractivity contribution is -0.127. The highest BCUT2D eigenvalue weighted by Gasteiger charge is 2.14. The van der Waals surface area contributed by atoms with Crippen LogP contribution in [0.4, 0.5) is 0 Å². The lowest BCUT2D eigenvalue weighted by Crippen LogP contribution is -2.38. The quantitative estimate of drug-likeness (QED) is 0.757. The van der Waals surface area contributed by atoms with Gasteiger partial charge in [0.15, 0.2) is 6.10 Å². The van der Waals surface area contributed by atoms with Crippen molar-refractivity contribution in [2.45, 2.75) is 20.0 Å². The van der Waals surface area contributed by atoms with Gasteiger partial charge in [0, 0.05) is 6.07 Å². The third kappa shape index (κ3) is 5.50. The molecule has 2 aromatic rings. The maximum Gasteiger partial charge on any atom is 0.260 e. The molecule has 0 radical (unpaired) electrons. The van der Waals surface area contributed by atoms with E-state index in [0.29, 0.717) is 24.7 Å². The van der Waals surface area contributed by atoms with Gasteiger partial charge in [-0.2, -0.15) is 0 Å². The van der Waals surface area contributed by atoms with E-state index in [0.717, 1.165) is 5.75 Å². The zero-order valence-electron chi connectivity index (χ0n) is 14.2. The molecule has 0 spiro atoms. The van der Waals surface area contributed by atoms with Gasteiger partial charge >= 0.3 is 0 Å². The molecule has 0 aliphatic heterocycles. The van der Waals surface area contributed by atoms with Gasteiger partial charge in [0.2, 0.25) is 0 Å². The van der Waals surface area contributed by atoms with Crippen LogP contribution in [0.25, 0.3) is 0 Å². The van der Waals surface area contributed by atoms with Crippen molar-refractivity contribution in [3.05, 3.63) is 54.1 Å². The molecule has 2 rings (SSSR count). The predicted molar refractivity (Wildman–Crippen MR) is 92.8 cm³/mol. The standard InChI is InChI=1S/C19H23NO4/c1-14-7-9-16(10-8-14)23-12-11-20-19(21)15(2)24-18-6-4-5-17(13-18)22-3/h4-10,13,15H,11-12H2,1-3H3,(H,20,21)/t15-/m1/s1. The Hall–Kier alpha value is -2.69. The Bertz CT molecular complexity index is 655. The number of rotatable bonds is 8. The fraction of sp³-hybridized carbons (Fsp3) is 0.316. The molecule has 128 valence electrons. The first-order valence-electron chi connectivity index (χ1n) is 7.86. The first-order valence-corrected chi connectivity index (χ1v) is 7.86. The van der Waals surface area contributed by atoms with Crippen LogP contribution in [0, 0.1) is 6.92 Å². The summed E-state index contributed by atoms with van der Waals surface area (Å²) in [5, 5.41) is 2.79. The average molecular weight is 329 g/mol. The van der Waals surface area contributed by atoms with Crippen LogP contribution < -0.4 is 19.5 Å². The van der Waals surface area contributed by atoms with Crippen molar-refractivity contribution in [2.75, 3.05) is 20.3 Å². The van der Waals surface area contributed by atoms with Crippen molar-refractivity contribution in [1.29, 1.82) is 0 Å². The SMILES string of the molecule is COc1cccc(O[C@H](C)C(=O)NCCOc2ccc(C)cc2)c1. The Morgan fingerprint density at radius 1 is 1.08 bits per heavy atom. The molecule has 5 nitrogen and oxygen atoms in total. The number of amides is 1. The van der Waals surface area contributed by atoms with E-state index < -0.39 is 6.10 Å². The van der Waals surface area contributed by atoms with Gasteiger partial charge in [-0.05, 0) is 38.1 Å². The molecule has 0 aromatic heterocycles. The number of hydrogen-bond donors (Lipinski definition) is 1. The minimum absolute atomic E-state index is 0.190. The minimum Gasteiger partial charge on any atom is -0.497 e. The van der Waals surface area contributed by atoms with Crippen molar-refractivity contribution in [3.63, 3.8) is 0 Å². The largest absolute Gasteiger partial charge is 0.497 e. The normalized spacial score (nSPS) is 11.5. The molecule has 0 saturated carbocycles. The first-order chi connectivity index (χ1) is 11.6. The Labute approximate surface area is 142 Å². The second-order valence-corrected chi connectivity index (χ2v) is 5.39. The number of ether oxygens (including phenoxy) is 3. The summed E-state index contributed by atoms with van der Waals surface area (Å²) in [5.74, 6) is 1.88. The second kappa shape index (κ2) is 8.82. The van der Waals surface area contributed by atoms with Crippen LogP contribution in [0.15, 0.2) is 48.5 Å². The Morgan fingerprint density at radius 2 is 1.79 bits per heavy atom. The van der Waals surface area contributed by atoms with Crippen LogP contribution in [-0.2, 0) is 4.79 Å². The van der Waals surface area contributed by atoms with E-state index >= 15 is 0 Å². The topological polar surface area (TPSA) is 56.8 Å². The maximum absolute atomic E-state index is 12.0. The number of aryl methyl sites for hydroxylation is 1. The molecule has 0 fully saturated rings. The molecule has 0 aliphatic rings. The molecule has 5 heteroatoms. The van der Waals surface area contributed by atoms with Crippen molar-refractivity contribution < 1.29 is 19.0 Å². The number of carbonyl (C=O) groups is 1. The summed E-state index contributed by atoms with van der Waals surface area (Å²) >= 11 is 0. The average Bonchev–Trinajstić information content (AvgIpc) is 2.60. The lowest BCUT2D eigenvalue weighted by Gasteiger charge is -2.15. The zero-order chi connectivity index (χ0) is 17.4.